The third-order valence-electron chi connectivity index (χ3n) is 4.29. The molecule has 2 aliphatic heterocycles. The highest BCUT2D eigenvalue weighted by Crippen LogP contribution is 2.38. The first-order valence-corrected chi connectivity index (χ1v) is 10.2. The molecule has 29 heavy (non-hydrogen) atoms. The molecule has 1 N–H and O–H groups in total. The van der Waals surface area contributed by atoms with E-state index in [2.05, 4.69) is 0 Å². The Morgan fingerprint density at radius 2 is 1.93 bits per heavy atom. The smallest absolute Gasteiger partial charge is 0.410 e. The molecule has 1 fully saturated rings. The highest BCUT2D eigenvalue weighted by atomic mass is 32.2. The number of benzene rings is 1. The summed E-state index contributed by atoms with van der Waals surface area (Å²) in [5.74, 6) is -1.66. The molecular weight excluding hydrogens is 405 g/mol. The zero-order valence-electron chi connectivity index (χ0n) is 16.5. The fourth-order valence-electron chi connectivity index (χ4n) is 3.05. The van der Waals surface area contributed by atoms with Gasteiger partial charge < -0.3 is 14.4 Å². The maximum atomic E-state index is 15.4. The Bertz CT molecular complexity index is 1000. The quantitative estimate of drug-likeness (QED) is 0.787. The van der Waals surface area contributed by atoms with E-state index in [9.17, 15) is 18.0 Å². The Labute approximate surface area is 168 Å². The largest absolute Gasteiger partial charge is 0.494 e. The summed E-state index contributed by atoms with van der Waals surface area (Å²) in [5, 5.41) is 0. The van der Waals surface area contributed by atoms with Gasteiger partial charge in [0.2, 0.25) is 0 Å². The molecule has 0 unspecified atom stereocenters. The van der Waals surface area contributed by atoms with Crippen LogP contribution in [-0.2, 0) is 19.7 Å². The van der Waals surface area contributed by atoms with Crippen molar-refractivity contribution in [3.8, 4) is 5.75 Å². The number of nitrogens with zero attached hydrogens (tertiary/aromatic N) is 2. The topological polar surface area (TPSA) is 105 Å². The van der Waals surface area contributed by atoms with Gasteiger partial charge in [-0.3, -0.25) is 4.79 Å². The van der Waals surface area contributed by atoms with Gasteiger partial charge in [0.05, 0.1) is 7.11 Å². The summed E-state index contributed by atoms with van der Waals surface area (Å²) in [4.78, 5) is 25.2. The summed E-state index contributed by atoms with van der Waals surface area (Å²) in [7, 11) is -2.95. The molecule has 1 saturated heterocycles. The Morgan fingerprint density at radius 3 is 2.48 bits per heavy atom. The van der Waals surface area contributed by atoms with Gasteiger partial charge in [0.1, 0.15) is 23.6 Å². The summed E-state index contributed by atoms with van der Waals surface area (Å²) in [6.45, 7) is 5.01. The van der Waals surface area contributed by atoms with E-state index < -0.39 is 40.2 Å². The highest BCUT2D eigenvalue weighted by Gasteiger charge is 2.38. The lowest BCUT2D eigenvalue weighted by atomic mass is 10.0. The van der Waals surface area contributed by atoms with Crippen LogP contribution in [0.2, 0.25) is 0 Å². The second-order valence-corrected chi connectivity index (χ2v) is 9.20. The predicted octanol–water partition coefficient (Wildman–Crippen LogP) is 1.65. The SMILES string of the molecule is COc1ccc(C2=CCN(C(=O)OC(C)(C)C)C2)c(F)c1N1CC(=O)NS1(=O)=O. The molecule has 0 saturated carbocycles. The number of carbonyl (C=O) groups excluding carboxylic acids is 2. The fraction of sp³-hybridized carbons (Fsp3) is 0.444. The molecule has 9 nitrogen and oxygen atoms in total. The molecule has 1 aromatic rings. The molecule has 0 aromatic heterocycles. The van der Waals surface area contributed by atoms with Crippen LogP contribution in [0.3, 0.4) is 0 Å². The first-order chi connectivity index (χ1) is 13.4. The van der Waals surface area contributed by atoms with Crippen molar-refractivity contribution in [2.75, 3.05) is 31.0 Å². The van der Waals surface area contributed by atoms with E-state index in [0.717, 1.165) is 0 Å². The van der Waals surface area contributed by atoms with Crippen LogP contribution in [0.4, 0.5) is 14.9 Å². The number of rotatable bonds is 3. The second-order valence-electron chi connectivity index (χ2n) is 7.61. The van der Waals surface area contributed by atoms with Crippen LogP contribution in [0.15, 0.2) is 18.2 Å². The first-order valence-electron chi connectivity index (χ1n) is 8.80. The van der Waals surface area contributed by atoms with Crippen LogP contribution in [0.25, 0.3) is 5.57 Å². The number of nitrogens with one attached hydrogen (secondary N) is 1. The minimum atomic E-state index is -4.22. The fourth-order valence-corrected chi connectivity index (χ4v) is 4.21. The average molecular weight is 427 g/mol. The van der Waals surface area contributed by atoms with Crippen LogP contribution in [-0.4, -0.2) is 57.7 Å². The van der Waals surface area contributed by atoms with Gasteiger partial charge in [-0.15, -0.1) is 0 Å². The molecule has 2 aliphatic rings. The van der Waals surface area contributed by atoms with Gasteiger partial charge in [-0.25, -0.2) is 18.2 Å². The molecule has 158 valence electrons. The predicted molar refractivity (Wildman–Crippen MR) is 103 cm³/mol. The maximum absolute atomic E-state index is 15.4. The van der Waals surface area contributed by atoms with Crippen LogP contribution in [0.1, 0.15) is 26.3 Å². The molecule has 0 bridgehead atoms. The lowest BCUT2D eigenvalue weighted by molar-refractivity contribution is -0.117. The van der Waals surface area contributed by atoms with E-state index >= 15 is 4.39 Å². The Kier molecular flexibility index (Phi) is 5.20. The number of ether oxygens (including phenoxy) is 2. The number of amides is 2. The summed E-state index contributed by atoms with van der Waals surface area (Å²) >= 11 is 0. The van der Waals surface area contributed by atoms with E-state index in [1.54, 1.807) is 31.6 Å². The number of methoxy groups -OCH3 is 1. The monoisotopic (exact) mass is 427 g/mol. The molecular formula is C18H22FN3O6S. The molecule has 0 atom stereocenters. The number of halogens is 1. The third-order valence-corrected chi connectivity index (χ3v) is 5.66. The number of hydrogen-bond acceptors (Lipinski definition) is 6. The van der Waals surface area contributed by atoms with Gasteiger partial charge in [-0.05, 0) is 38.5 Å². The lowest BCUT2D eigenvalue weighted by Gasteiger charge is -2.24. The Balaban J connectivity index is 1.93. The lowest BCUT2D eigenvalue weighted by Crippen LogP contribution is -2.35. The molecule has 0 radical (unpaired) electrons. The second kappa shape index (κ2) is 7.21. The molecule has 2 heterocycles. The van der Waals surface area contributed by atoms with E-state index in [1.807, 2.05) is 0 Å². The summed E-state index contributed by atoms with van der Waals surface area (Å²) in [6, 6.07) is 2.86. The molecule has 11 heteroatoms. The number of carbonyl (C=O) groups is 2. The van der Waals surface area contributed by atoms with E-state index in [1.165, 1.54) is 24.1 Å². The maximum Gasteiger partial charge on any atom is 0.410 e. The van der Waals surface area contributed by atoms with E-state index in [4.69, 9.17) is 9.47 Å². The molecule has 0 aliphatic carbocycles. The van der Waals surface area contributed by atoms with Crippen molar-refractivity contribution < 1.29 is 31.9 Å². The summed E-state index contributed by atoms with van der Waals surface area (Å²) < 4.78 is 52.6. The van der Waals surface area contributed by atoms with Gasteiger partial charge in [0.25, 0.3) is 5.91 Å². The summed E-state index contributed by atoms with van der Waals surface area (Å²) in [6.07, 6.45) is 1.13. The van der Waals surface area contributed by atoms with Gasteiger partial charge in [0, 0.05) is 18.7 Å². The number of hydrogen-bond donors (Lipinski definition) is 1. The van der Waals surface area contributed by atoms with Gasteiger partial charge in [0.15, 0.2) is 5.82 Å². The molecule has 1 aromatic carbocycles. The Morgan fingerprint density at radius 1 is 1.24 bits per heavy atom. The van der Waals surface area contributed by atoms with Crippen molar-refractivity contribution in [2.24, 2.45) is 0 Å². The Hall–Kier alpha value is -2.82. The van der Waals surface area contributed by atoms with Crippen molar-refractivity contribution in [3.05, 3.63) is 29.6 Å². The van der Waals surface area contributed by atoms with Crippen molar-refractivity contribution >= 4 is 33.5 Å². The minimum Gasteiger partial charge on any atom is -0.494 e. The average Bonchev–Trinajstić information content (AvgIpc) is 3.17. The molecule has 0 spiro atoms. The molecule has 3 rings (SSSR count). The van der Waals surface area contributed by atoms with Crippen LogP contribution in [0, 0.1) is 5.82 Å². The number of anilines is 1. The van der Waals surface area contributed by atoms with Gasteiger partial charge in [-0.2, -0.15) is 8.42 Å². The third kappa shape index (κ3) is 4.14. The van der Waals surface area contributed by atoms with Crippen LogP contribution in [0.5, 0.6) is 5.75 Å². The zero-order chi connectivity index (χ0) is 21.6. The van der Waals surface area contributed by atoms with Gasteiger partial charge in [-0.1, -0.05) is 6.08 Å². The van der Waals surface area contributed by atoms with Crippen molar-refractivity contribution in [1.82, 2.24) is 9.62 Å². The van der Waals surface area contributed by atoms with Crippen LogP contribution < -0.4 is 13.8 Å². The van der Waals surface area contributed by atoms with Gasteiger partial charge >= 0.3 is 16.3 Å². The summed E-state index contributed by atoms with van der Waals surface area (Å²) in [5.41, 5.74) is -0.420. The van der Waals surface area contributed by atoms with E-state index in [-0.39, 0.29) is 30.1 Å². The molecule has 2 amide bonds. The van der Waals surface area contributed by atoms with Crippen LogP contribution >= 0.6 is 0 Å². The normalized spacial score (nSPS) is 18.5. The zero-order valence-corrected chi connectivity index (χ0v) is 17.3. The van der Waals surface area contributed by atoms with Crippen molar-refractivity contribution in [3.63, 3.8) is 0 Å². The van der Waals surface area contributed by atoms with E-state index in [0.29, 0.717) is 9.88 Å². The minimum absolute atomic E-state index is 0.0334. The standard InChI is InChI=1S/C18H22FN3O6S/c1-18(2,3)28-17(24)21-8-7-11(9-21)12-5-6-13(27-4)16(15(12)19)22-10-14(23)20-29(22,25)26/h5-7H,8-10H2,1-4H3,(H,20,23). The van der Waals surface area contributed by atoms with Crippen molar-refractivity contribution in [2.45, 2.75) is 26.4 Å². The van der Waals surface area contributed by atoms with Crippen molar-refractivity contribution in [1.29, 1.82) is 0 Å². The first kappa shape index (κ1) is 20.9. The highest BCUT2D eigenvalue weighted by molar-refractivity contribution is 7.92.